The summed E-state index contributed by atoms with van der Waals surface area (Å²) in [7, 11) is 0. The fourth-order valence-electron chi connectivity index (χ4n) is 2.43. The van der Waals surface area contributed by atoms with E-state index in [0.717, 1.165) is 25.0 Å². The number of aromatic nitrogens is 1. The second-order valence-corrected chi connectivity index (χ2v) is 6.11. The lowest BCUT2D eigenvalue weighted by molar-refractivity contribution is -0.137. The normalized spacial score (nSPS) is 19.6. The average Bonchev–Trinajstić information content (AvgIpc) is 2.25. The third-order valence-electron chi connectivity index (χ3n) is 3.33. The van der Waals surface area contributed by atoms with E-state index in [1.165, 1.54) is 0 Å². The van der Waals surface area contributed by atoms with Gasteiger partial charge in [-0.2, -0.15) is 13.2 Å². The second-order valence-electron chi connectivity index (χ2n) is 5.72. The van der Waals surface area contributed by atoms with E-state index in [4.69, 9.17) is 11.6 Å². The van der Waals surface area contributed by atoms with Crippen LogP contribution in [0.4, 0.5) is 19.0 Å². The van der Waals surface area contributed by atoms with E-state index in [2.05, 4.69) is 18.8 Å². The van der Waals surface area contributed by atoms with E-state index in [-0.39, 0.29) is 10.6 Å². The molecule has 2 rings (SSSR count). The first-order chi connectivity index (χ1) is 8.67. The lowest BCUT2D eigenvalue weighted by Gasteiger charge is -2.38. The van der Waals surface area contributed by atoms with Crippen LogP contribution in [0.15, 0.2) is 12.1 Å². The maximum Gasteiger partial charge on any atom is 0.416 e. The summed E-state index contributed by atoms with van der Waals surface area (Å²) in [4.78, 5) is 5.91. The van der Waals surface area contributed by atoms with Gasteiger partial charge in [0.25, 0.3) is 0 Å². The van der Waals surface area contributed by atoms with E-state index in [0.29, 0.717) is 18.9 Å². The number of piperidine rings is 1. The van der Waals surface area contributed by atoms with Gasteiger partial charge in [-0.1, -0.05) is 25.4 Å². The summed E-state index contributed by atoms with van der Waals surface area (Å²) in [5.74, 6) is 0.313. The summed E-state index contributed by atoms with van der Waals surface area (Å²) < 4.78 is 38.3. The molecule has 2 heterocycles. The zero-order chi connectivity index (χ0) is 14.3. The van der Waals surface area contributed by atoms with Gasteiger partial charge in [0.15, 0.2) is 0 Å². The Morgan fingerprint density at radius 3 is 2.58 bits per heavy atom. The van der Waals surface area contributed by atoms with Gasteiger partial charge >= 0.3 is 6.18 Å². The molecule has 0 aromatic carbocycles. The zero-order valence-electron chi connectivity index (χ0n) is 10.9. The molecule has 106 valence electrons. The van der Waals surface area contributed by atoms with Gasteiger partial charge in [-0.15, -0.1) is 0 Å². The van der Waals surface area contributed by atoms with Crippen molar-refractivity contribution in [1.82, 2.24) is 4.98 Å². The lowest BCUT2D eigenvalue weighted by Crippen LogP contribution is -2.40. The van der Waals surface area contributed by atoms with Crippen LogP contribution in [0.3, 0.4) is 0 Å². The smallest absolute Gasteiger partial charge is 0.356 e. The third-order valence-corrected chi connectivity index (χ3v) is 3.53. The van der Waals surface area contributed by atoms with Crippen LogP contribution >= 0.6 is 11.6 Å². The number of hydrogen-bond acceptors (Lipinski definition) is 2. The Morgan fingerprint density at radius 2 is 2.00 bits per heavy atom. The molecule has 6 heteroatoms. The van der Waals surface area contributed by atoms with Gasteiger partial charge in [0.1, 0.15) is 11.0 Å². The molecular formula is C13H16ClF3N2. The molecule has 1 aliphatic rings. The van der Waals surface area contributed by atoms with Gasteiger partial charge in [-0.05, 0) is 30.4 Å². The monoisotopic (exact) mass is 292 g/mol. The molecule has 2 nitrogen and oxygen atoms in total. The number of alkyl halides is 3. The minimum atomic E-state index is -4.40. The maximum atomic E-state index is 12.8. The van der Waals surface area contributed by atoms with E-state index in [9.17, 15) is 13.2 Å². The van der Waals surface area contributed by atoms with Crippen molar-refractivity contribution in [3.63, 3.8) is 0 Å². The number of rotatable bonds is 1. The van der Waals surface area contributed by atoms with Crippen molar-refractivity contribution in [1.29, 1.82) is 0 Å². The van der Waals surface area contributed by atoms with E-state index in [1.807, 2.05) is 4.90 Å². The van der Waals surface area contributed by atoms with Crippen LogP contribution in [-0.4, -0.2) is 18.1 Å². The molecule has 0 spiro atoms. The summed E-state index contributed by atoms with van der Waals surface area (Å²) in [6.07, 6.45) is -2.38. The molecule has 0 atom stereocenters. The van der Waals surface area contributed by atoms with Gasteiger partial charge in [0.05, 0.1) is 5.56 Å². The van der Waals surface area contributed by atoms with Crippen LogP contribution in [0.25, 0.3) is 0 Å². The van der Waals surface area contributed by atoms with Crippen LogP contribution in [0.5, 0.6) is 0 Å². The predicted octanol–water partition coefficient (Wildman–Crippen LogP) is 4.38. The van der Waals surface area contributed by atoms with Gasteiger partial charge < -0.3 is 4.90 Å². The lowest BCUT2D eigenvalue weighted by atomic mass is 9.84. The molecule has 1 aromatic heterocycles. The summed E-state index contributed by atoms with van der Waals surface area (Å²) in [5, 5.41) is -0.117. The van der Waals surface area contributed by atoms with Crippen LogP contribution in [-0.2, 0) is 6.18 Å². The fourth-order valence-corrected chi connectivity index (χ4v) is 2.63. The first-order valence-corrected chi connectivity index (χ1v) is 6.55. The minimum absolute atomic E-state index is 0.0840. The van der Waals surface area contributed by atoms with Gasteiger partial charge in [-0.3, -0.25) is 0 Å². The van der Waals surface area contributed by atoms with Gasteiger partial charge in [-0.25, -0.2) is 4.98 Å². The number of nitrogens with zero attached hydrogens (tertiary/aromatic N) is 2. The molecule has 1 fully saturated rings. The Labute approximate surface area is 115 Å². The molecule has 0 radical (unpaired) electrons. The van der Waals surface area contributed by atoms with Gasteiger partial charge in [0, 0.05) is 13.1 Å². The standard InChI is InChI=1S/C13H16ClF3N2/c1-12(2)4-3-5-19(8-12)11-7-9(13(15,16)17)6-10(14)18-11/h6-7H,3-5,8H2,1-2H3. The minimum Gasteiger partial charge on any atom is -0.356 e. The van der Waals surface area contributed by atoms with Gasteiger partial charge in [0.2, 0.25) is 0 Å². The summed E-state index contributed by atoms with van der Waals surface area (Å²) >= 11 is 5.71. The third kappa shape index (κ3) is 3.53. The number of pyridine rings is 1. The van der Waals surface area contributed by atoms with Crippen molar-refractivity contribution >= 4 is 17.4 Å². The first kappa shape index (κ1) is 14.4. The molecule has 1 aliphatic heterocycles. The Hall–Kier alpha value is -0.970. The Balaban J connectivity index is 2.32. The quantitative estimate of drug-likeness (QED) is 0.714. The van der Waals surface area contributed by atoms with E-state index < -0.39 is 11.7 Å². The van der Waals surface area contributed by atoms with Crippen molar-refractivity contribution in [2.75, 3.05) is 18.0 Å². The fraction of sp³-hybridized carbons (Fsp3) is 0.615. The van der Waals surface area contributed by atoms with E-state index >= 15 is 0 Å². The van der Waals surface area contributed by atoms with Crippen molar-refractivity contribution in [3.8, 4) is 0 Å². The topological polar surface area (TPSA) is 16.1 Å². The highest BCUT2D eigenvalue weighted by atomic mass is 35.5. The summed E-state index contributed by atoms with van der Waals surface area (Å²) in [6, 6.07) is 1.94. The molecule has 1 saturated heterocycles. The molecule has 0 aliphatic carbocycles. The second kappa shape index (κ2) is 4.85. The SMILES string of the molecule is CC1(C)CCCN(c2cc(C(F)(F)F)cc(Cl)n2)C1. The molecule has 19 heavy (non-hydrogen) atoms. The maximum absolute atomic E-state index is 12.8. The molecule has 0 amide bonds. The molecule has 1 aromatic rings. The molecule has 0 N–H and O–H groups in total. The van der Waals surface area contributed by atoms with Crippen LogP contribution < -0.4 is 4.90 Å². The summed E-state index contributed by atoms with van der Waals surface area (Å²) in [6.45, 7) is 5.62. The highest BCUT2D eigenvalue weighted by Gasteiger charge is 2.33. The van der Waals surface area contributed by atoms with Crippen LogP contribution in [0, 0.1) is 5.41 Å². The number of anilines is 1. The number of hydrogen-bond donors (Lipinski definition) is 0. The van der Waals surface area contributed by atoms with Crippen molar-refractivity contribution in [3.05, 3.63) is 22.8 Å². The summed E-state index contributed by atoms with van der Waals surface area (Å²) in [5.41, 5.74) is -0.661. The number of halogens is 4. The zero-order valence-corrected chi connectivity index (χ0v) is 11.6. The first-order valence-electron chi connectivity index (χ1n) is 6.17. The van der Waals surface area contributed by atoms with E-state index in [1.54, 1.807) is 0 Å². The highest BCUT2D eigenvalue weighted by molar-refractivity contribution is 6.29. The predicted molar refractivity (Wildman–Crippen MR) is 69.5 cm³/mol. The average molecular weight is 293 g/mol. The largest absolute Gasteiger partial charge is 0.416 e. The van der Waals surface area contributed by atoms with Crippen molar-refractivity contribution in [2.45, 2.75) is 32.9 Å². The molecule has 0 saturated carbocycles. The molecular weight excluding hydrogens is 277 g/mol. The van der Waals surface area contributed by atoms with Crippen molar-refractivity contribution in [2.24, 2.45) is 5.41 Å². The van der Waals surface area contributed by atoms with Crippen molar-refractivity contribution < 1.29 is 13.2 Å². The Bertz CT molecular complexity index is 471. The molecule has 0 unspecified atom stereocenters. The Kier molecular flexibility index (Phi) is 3.69. The highest BCUT2D eigenvalue weighted by Crippen LogP contribution is 2.35. The van der Waals surface area contributed by atoms with Crippen LogP contribution in [0.2, 0.25) is 5.15 Å². The Morgan fingerprint density at radius 1 is 1.32 bits per heavy atom. The molecule has 0 bridgehead atoms. The van der Waals surface area contributed by atoms with Crippen LogP contribution in [0.1, 0.15) is 32.3 Å².